The first-order chi connectivity index (χ1) is 10.5. The summed E-state index contributed by atoms with van der Waals surface area (Å²) in [5, 5.41) is 10.7. The van der Waals surface area contributed by atoms with Crippen molar-refractivity contribution in [1.29, 1.82) is 0 Å². The van der Waals surface area contributed by atoms with Crippen molar-refractivity contribution in [2.75, 3.05) is 0 Å². The van der Waals surface area contributed by atoms with E-state index in [-0.39, 0.29) is 28.5 Å². The number of non-ortho nitro benzene ring substituents is 1. The van der Waals surface area contributed by atoms with E-state index in [4.69, 9.17) is 4.74 Å². The van der Waals surface area contributed by atoms with Crippen molar-refractivity contribution in [3.63, 3.8) is 0 Å². The van der Waals surface area contributed by atoms with Gasteiger partial charge in [0, 0.05) is 22.9 Å². The fourth-order valence-electron chi connectivity index (χ4n) is 2.94. The second kappa shape index (κ2) is 6.12. The van der Waals surface area contributed by atoms with E-state index < -0.39 is 4.92 Å². The summed E-state index contributed by atoms with van der Waals surface area (Å²) in [5.41, 5.74) is 1.14. The highest BCUT2D eigenvalue weighted by molar-refractivity contribution is 9.10. The van der Waals surface area contributed by atoms with Crippen molar-refractivity contribution in [3.05, 3.63) is 46.0 Å². The van der Waals surface area contributed by atoms with Gasteiger partial charge < -0.3 is 4.74 Å². The second-order valence-electron chi connectivity index (χ2n) is 5.50. The molecule has 0 spiro atoms. The van der Waals surface area contributed by atoms with Gasteiger partial charge in [-0.15, -0.1) is 0 Å². The van der Waals surface area contributed by atoms with Crippen molar-refractivity contribution in [1.82, 2.24) is 0 Å². The van der Waals surface area contributed by atoms with Crippen molar-refractivity contribution in [3.8, 4) is 0 Å². The van der Waals surface area contributed by atoms with Gasteiger partial charge in [-0.25, -0.2) is 4.79 Å². The Kier molecular flexibility index (Phi) is 4.36. The van der Waals surface area contributed by atoms with E-state index in [1.807, 2.05) is 6.08 Å². The molecule has 2 aliphatic rings. The standard InChI is InChI=1S/C15H13Br2NO4/c16-10-5-9-6-12(15(19)22-14(9)13(17)7-10)8-1-3-11(4-2-8)18(20)21/h1-4,6,9-10,13-14H,5,7H2/t9-,10-,13-,14+/m0/s1. The molecule has 1 saturated carbocycles. The Morgan fingerprint density at radius 1 is 1.18 bits per heavy atom. The number of halogens is 2. The van der Waals surface area contributed by atoms with E-state index in [0.717, 1.165) is 12.8 Å². The normalized spacial score (nSPS) is 31.0. The maximum absolute atomic E-state index is 12.2. The number of nitro benzene ring substituents is 1. The Bertz CT molecular complexity index is 643. The number of nitro groups is 1. The summed E-state index contributed by atoms with van der Waals surface area (Å²) in [6, 6.07) is 5.98. The fraction of sp³-hybridized carbons (Fsp3) is 0.400. The molecule has 5 nitrogen and oxygen atoms in total. The summed E-state index contributed by atoms with van der Waals surface area (Å²) in [4.78, 5) is 23.0. The minimum Gasteiger partial charge on any atom is -0.457 e. The van der Waals surface area contributed by atoms with Gasteiger partial charge in [0.2, 0.25) is 0 Å². The van der Waals surface area contributed by atoms with E-state index in [0.29, 0.717) is 16.0 Å². The van der Waals surface area contributed by atoms with E-state index in [1.54, 1.807) is 12.1 Å². The minimum absolute atomic E-state index is 0.00474. The van der Waals surface area contributed by atoms with E-state index in [2.05, 4.69) is 31.9 Å². The smallest absolute Gasteiger partial charge is 0.338 e. The molecule has 22 heavy (non-hydrogen) atoms. The molecular weight excluding hydrogens is 418 g/mol. The summed E-state index contributed by atoms with van der Waals surface area (Å²) >= 11 is 7.22. The summed E-state index contributed by atoms with van der Waals surface area (Å²) in [6.07, 6.45) is 3.61. The van der Waals surface area contributed by atoms with Crippen LogP contribution in [0.3, 0.4) is 0 Å². The van der Waals surface area contributed by atoms with Gasteiger partial charge in [-0.1, -0.05) is 37.9 Å². The highest BCUT2D eigenvalue weighted by atomic mass is 79.9. The second-order valence-corrected chi connectivity index (χ2v) is 7.97. The van der Waals surface area contributed by atoms with Gasteiger partial charge in [-0.3, -0.25) is 10.1 Å². The van der Waals surface area contributed by atoms with E-state index >= 15 is 0 Å². The van der Waals surface area contributed by atoms with Crippen LogP contribution in [0.5, 0.6) is 0 Å². The van der Waals surface area contributed by atoms with Gasteiger partial charge in [-0.2, -0.15) is 0 Å². The first-order valence-electron chi connectivity index (χ1n) is 6.91. The van der Waals surface area contributed by atoms with Gasteiger partial charge >= 0.3 is 5.97 Å². The highest BCUT2D eigenvalue weighted by Gasteiger charge is 2.41. The molecule has 0 aromatic heterocycles. The van der Waals surface area contributed by atoms with Crippen LogP contribution in [0.15, 0.2) is 30.3 Å². The van der Waals surface area contributed by atoms with Crippen LogP contribution in [-0.2, 0) is 9.53 Å². The number of carbonyl (C=O) groups is 1. The predicted octanol–water partition coefficient (Wildman–Crippen LogP) is 3.84. The number of nitrogens with zero attached hydrogens (tertiary/aromatic N) is 1. The lowest BCUT2D eigenvalue weighted by Crippen LogP contribution is -2.43. The Morgan fingerprint density at radius 3 is 2.50 bits per heavy atom. The lowest BCUT2D eigenvalue weighted by atomic mass is 9.82. The van der Waals surface area contributed by atoms with Crippen molar-refractivity contribution in [2.45, 2.75) is 28.6 Å². The predicted molar refractivity (Wildman–Crippen MR) is 89.1 cm³/mol. The van der Waals surface area contributed by atoms with Crippen molar-refractivity contribution in [2.24, 2.45) is 5.92 Å². The number of fused-ring (bicyclic) bond motifs is 1. The summed E-state index contributed by atoms with van der Waals surface area (Å²) in [6.45, 7) is 0. The Balaban J connectivity index is 1.91. The molecular formula is C15H13Br2NO4. The van der Waals surface area contributed by atoms with Crippen LogP contribution in [-0.4, -0.2) is 26.7 Å². The average Bonchev–Trinajstić information content (AvgIpc) is 2.47. The third-order valence-corrected chi connectivity index (χ3v) is 5.66. The zero-order chi connectivity index (χ0) is 15.9. The maximum Gasteiger partial charge on any atom is 0.338 e. The van der Waals surface area contributed by atoms with Crippen LogP contribution >= 0.6 is 31.9 Å². The molecule has 1 heterocycles. The molecule has 0 unspecified atom stereocenters. The monoisotopic (exact) mass is 429 g/mol. The van der Waals surface area contributed by atoms with E-state index in [9.17, 15) is 14.9 Å². The fourth-order valence-corrected chi connectivity index (χ4v) is 5.23. The molecule has 7 heteroatoms. The zero-order valence-electron chi connectivity index (χ0n) is 11.4. The van der Waals surface area contributed by atoms with Crippen LogP contribution in [0.25, 0.3) is 5.57 Å². The quantitative estimate of drug-likeness (QED) is 0.309. The van der Waals surface area contributed by atoms with Crippen LogP contribution in [0.1, 0.15) is 18.4 Å². The number of ether oxygens (including phenoxy) is 1. The molecule has 0 saturated heterocycles. The third-order valence-electron chi connectivity index (χ3n) is 4.02. The van der Waals surface area contributed by atoms with Gasteiger partial charge in [0.25, 0.3) is 5.69 Å². The summed E-state index contributed by atoms with van der Waals surface area (Å²) < 4.78 is 5.59. The number of hydrogen-bond donors (Lipinski definition) is 0. The van der Waals surface area contributed by atoms with Crippen molar-refractivity contribution >= 4 is 49.1 Å². The first-order valence-corrected chi connectivity index (χ1v) is 8.74. The number of alkyl halides is 2. The maximum atomic E-state index is 12.2. The third kappa shape index (κ3) is 2.96. The van der Waals surface area contributed by atoms with Crippen molar-refractivity contribution < 1.29 is 14.5 Å². The van der Waals surface area contributed by atoms with Crippen LogP contribution in [0.4, 0.5) is 5.69 Å². The molecule has 1 aliphatic heterocycles. The Labute approximate surface area is 144 Å². The zero-order valence-corrected chi connectivity index (χ0v) is 14.6. The average molecular weight is 431 g/mol. The molecule has 3 rings (SSSR count). The Hall–Kier alpha value is -1.21. The molecule has 0 amide bonds. The molecule has 0 N–H and O–H groups in total. The molecule has 0 radical (unpaired) electrons. The molecule has 116 valence electrons. The molecule has 4 atom stereocenters. The van der Waals surface area contributed by atoms with Crippen LogP contribution < -0.4 is 0 Å². The van der Waals surface area contributed by atoms with Gasteiger partial charge in [0.1, 0.15) is 6.10 Å². The van der Waals surface area contributed by atoms with Crippen LogP contribution in [0, 0.1) is 16.0 Å². The number of carbonyl (C=O) groups excluding carboxylic acids is 1. The molecule has 0 bridgehead atoms. The molecule has 1 fully saturated rings. The first kappa shape index (κ1) is 15.7. The topological polar surface area (TPSA) is 69.4 Å². The summed E-state index contributed by atoms with van der Waals surface area (Å²) in [5.74, 6) is -0.224. The number of hydrogen-bond acceptors (Lipinski definition) is 4. The lowest BCUT2D eigenvalue weighted by molar-refractivity contribution is -0.384. The highest BCUT2D eigenvalue weighted by Crippen LogP contribution is 2.40. The van der Waals surface area contributed by atoms with E-state index in [1.165, 1.54) is 12.1 Å². The molecule has 1 aliphatic carbocycles. The minimum atomic E-state index is -0.459. The summed E-state index contributed by atoms with van der Waals surface area (Å²) in [7, 11) is 0. The molecule has 1 aromatic carbocycles. The van der Waals surface area contributed by atoms with Gasteiger partial charge in [-0.05, 0) is 30.5 Å². The molecule has 1 aromatic rings. The lowest BCUT2D eigenvalue weighted by Gasteiger charge is -2.38. The van der Waals surface area contributed by atoms with Gasteiger partial charge in [0.15, 0.2) is 0 Å². The number of benzene rings is 1. The largest absolute Gasteiger partial charge is 0.457 e. The van der Waals surface area contributed by atoms with Gasteiger partial charge in [0.05, 0.1) is 15.3 Å². The van der Waals surface area contributed by atoms with Crippen LogP contribution in [0.2, 0.25) is 0 Å². The SMILES string of the molecule is O=C1O[C@@H]2[C@H](C=C1c1ccc([N+](=O)[O-])cc1)C[C@H](Br)C[C@@H]2Br. The Morgan fingerprint density at radius 2 is 1.86 bits per heavy atom. The number of rotatable bonds is 2. The number of esters is 1.